The van der Waals surface area contributed by atoms with Gasteiger partial charge in [0.15, 0.2) is 0 Å². The minimum Gasteiger partial charge on any atom is -0.755 e. The van der Waals surface area contributed by atoms with Crippen LogP contribution in [-0.4, -0.2) is 40.0 Å². The minimum absolute atomic E-state index is 0.215. The molecule has 0 aromatic heterocycles. The molecule has 134 valence electrons. The fourth-order valence-electron chi connectivity index (χ4n) is 2.96. The molecule has 0 aliphatic carbocycles. The molecule has 1 unspecified atom stereocenters. The van der Waals surface area contributed by atoms with Gasteiger partial charge in [-0.1, -0.05) is 36.4 Å². The van der Waals surface area contributed by atoms with E-state index in [-0.39, 0.29) is 5.46 Å². The molecule has 0 amide bonds. The molecule has 3 aromatic rings. The molecular formula is C18H18BN2O4S-. The Balaban J connectivity index is 2.23. The summed E-state index contributed by atoms with van der Waals surface area (Å²) in [5.74, 6) is 0. The van der Waals surface area contributed by atoms with E-state index in [4.69, 9.17) is 0 Å². The monoisotopic (exact) mass is 369 g/mol. The van der Waals surface area contributed by atoms with Gasteiger partial charge in [-0.3, -0.25) is 8.51 Å². The first-order chi connectivity index (χ1) is 12.4. The molecule has 26 heavy (non-hydrogen) atoms. The van der Waals surface area contributed by atoms with E-state index >= 15 is 0 Å². The number of fused-ring (bicyclic) bond motifs is 1. The second-order valence-electron chi connectivity index (χ2n) is 6.02. The predicted molar refractivity (Wildman–Crippen MR) is 106 cm³/mol. The van der Waals surface area contributed by atoms with Crippen LogP contribution in [0.3, 0.4) is 0 Å². The Morgan fingerprint density at radius 1 is 0.923 bits per heavy atom. The Labute approximate surface area is 154 Å². The second-order valence-corrected chi connectivity index (χ2v) is 6.82. The Kier molecular flexibility index (Phi) is 5.29. The van der Waals surface area contributed by atoms with Crippen LogP contribution in [-0.2, 0) is 11.3 Å². The van der Waals surface area contributed by atoms with Gasteiger partial charge in [0, 0.05) is 30.6 Å². The smallest absolute Gasteiger partial charge is 0.488 e. The van der Waals surface area contributed by atoms with E-state index < -0.39 is 18.4 Å². The molecule has 0 saturated carbocycles. The first-order valence-electron chi connectivity index (χ1n) is 7.95. The number of hydrogen-bond donors (Lipinski definition) is 2. The predicted octanol–water partition coefficient (Wildman–Crippen LogP) is 1.52. The van der Waals surface area contributed by atoms with Gasteiger partial charge >= 0.3 is 7.12 Å². The summed E-state index contributed by atoms with van der Waals surface area (Å²) in [5, 5.41) is 20.5. The summed E-state index contributed by atoms with van der Waals surface area (Å²) in [6, 6.07) is 17.3. The van der Waals surface area contributed by atoms with E-state index in [0.717, 1.165) is 20.8 Å². The molecule has 8 heteroatoms. The maximum absolute atomic E-state index is 12.0. The summed E-state index contributed by atoms with van der Waals surface area (Å²) in [6.07, 6.45) is 0. The van der Waals surface area contributed by atoms with Gasteiger partial charge in [0.25, 0.3) is 0 Å². The zero-order chi connectivity index (χ0) is 18.8. The number of hydrogen-bond acceptors (Lipinski definition) is 5. The lowest BCUT2D eigenvalue weighted by Gasteiger charge is -2.28. The average Bonchev–Trinajstić information content (AvgIpc) is 2.61. The van der Waals surface area contributed by atoms with Gasteiger partial charge in [0.1, 0.15) is 0 Å². The van der Waals surface area contributed by atoms with Crippen molar-refractivity contribution in [2.45, 2.75) is 0 Å². The van der Waals surface area contributed by atoms with Crippen LogP contribution in [0.5, 0.6) is 0 Å². The maximum atomic E-state index is 12.0. The summed E-state index contributed by atoms with van der Waals surface area (Å²) in [5.41, 5.74) is 2.00. The largest absolute Gasteiger partial charge is 0.755 e. The van der Waals surface area contributed by atoms with Crippen LogP contribution in [0, 0.1) is 0 Å². The van der Waals surface area contributed by atoms with Gasteiger partial charge in [-0.05, 0) is 29.7 Å². The van der Waals surface area contributed by atoms with Crippen LogP contribution in [0.15, 0.2) is 60.7 Å². The van der Waals surface area contributed by atoms with E-state index in [1.165, 1.54) is 12.1 Å². The third-order valence-electron chi connectivity index (χ3n) is 4.13. The average molecular weight is 369 g/mol. The molecular weight excluding hydrogens is 351 g/mol. The summed E-state index contributed by atoms with van der Waals surface area (Å²) < 4.78 is 25.2. The van der Waals surface area contributed by atoms with Crippen molar-refractivity contribution < 1.29 is 18.8 Å². The molecule has 6 nitrogen and oxygen atoms in total. The molecule has 0 aliphatic heterocycles. The van der Waals surface area contributed by atoms with Crippen LogP contribution in [0.4, 0.5) is 17.1 Å². The number of rotatable bonds is 5. The molecule has 0 bridgehead atoms. The lowest BCUT2D eigenvalue weighted by atomic mass is 9.80. The summed E-state index contributed by atoms with van der Waals surface area (Å²) >= 11 is -2.59. The Hall–Kier alpha value is -2.39. The lowest BCUT2D eigenvalue weighted by Crippen LogP contribution is -2.31. The van der Waals surface area contributed by atoms with Crippen molar-refractivity contribution in [2.24, 2.45) is 0 Å². The highest BCUT2D eigenvalue weighted by Gasteiger charge is 2.18. The lowest BCUT2D eigenvalue weighted by molar-refractivity contribution is 0.426. The Morgan fingerprint density at radius 3 is 2.08 bits per heavy atom. The van der Waals surface area contributed by atoms with Gasteiger partial charge in [0.05, 0.1) is 22.6 Å². The Bertz CT molecular complexity index is 965. The fourth-order valence-corrected chi connectivity index (χ4v) is 3.57. The normalized spacial score (nSPS) is 12.0. The molecule has 3 rings (SSSR count). The van der Waals surface area contributed by atoms with E-state index in [2.05, 4.69) is 0 Å². The van der Waals surface area contributed by atoms with E-state index in [1.807, 2.05) is 43.3 Å². The van der Waals surface area contributed by atoms with Crippen LogP contribution in [0.25, 0.3) is 10.8 Å². The van der Waals surface area contributed by atoms with Crippen molar-refractivity contribution >= 4 is 51.7 Å². The Morgan fingerprint density at radius 2 is 1.50 bits per heavy atom. The van der Waals surface area contributed by atoms with E-state index in [9.17, 15) is 18.8 Å². The number of nitrogens with zero attached hydrogens (tertiary/aromatic N) is 2. The summed E-state index contributed by atoms with van der Waals surface area (Å²) in [4.78, 5) is 1.97. The van der Waals surface area contributed by atoms with Crippen molar-refractivity contribution in [1.29, 1.82) is 0 Å². The third-order valence-corrected chi connectivity index (χ3v) is 4.83. The van der Waals surface area contributed by atoms with Crippen LogP contribution in [0.2, 0.25) is 0 Å². The highest BCUT2D eigenvalue weighted by Crippen LogP contribution is 2.36. The van der Waals surface area contributed by atoms with Gasteiger partial charge in [0.2, 0.25) is 0 Å². The fraction of sp³-hybridized carbons (Fsp3) is 0.111. The molecule has 0 heterocycles. The third kappa shape index (κ3) is 3.45. The first kappa shape index (κ1) is 18.4. The zero-order valence-electron chi connectivity index (χ0n) is 14.4. The standard InChI is InChI=1S/C18H19BN2O4S/c1-20(2)17-10-4-9-16-15(17)8-5-11-18(16)21(26(24)25)14-7-3-6-13(12-14)19(22)23/h3-12,22-23H,1-2H3,(H,24,25)/p-1. The zero-order valence-corrected chi connectivity index (χ0v) is 15.2. The first-order valence-corrected chi connectivity index (χ1v) is 8.98. The highest BCUT2D eigenvalue weighted by atomic mass is 32.2. The highest BCUT2D eigenvalue weighted by molar-refractivity contribution is 7.81. The molecule has 3 aromatic carbocycles. The number of anilines is 3. The van der Waals surface area contributed by atoms with Crippen molar-refractivity contribution in [3.63, 3.8) is 0 Å². The van der Waals surface area contributed by atoms with Gasteiger partial charge < -0.3 is 19.5 Å². The second kappa shape index (κ2) is 7.47. The maximum Gasteiger partial charge on any atom is 0.488 e. The summed E-state index contributed by atoms with van der Waals surface area (Å²) in [7, 11) is 2.18. The van der Waals surface area contributed by atoms with E-state index in [1.54, 1.807) is 24.3 Å². The van der Waals surface area contributed by atoms with Crippen LogP contribution >= 0.6 is 0 Å². The van der Waals surface area contributed by atoms with Crippen molar-refractivity contribution in [2.75, 3.05) is 23.3 Å². The molecule has 0 spiro atoms. The summed E-state index contributed by atoms with van der Waals surface area (Å²) in [6.45, 7) is 0. The minimum atomic E-state index is -2.59. The van der Waals surface area contributed by atoms with Crippen molar-refractivity contribution in [3.8, 4) is 0 Å². The van der Waals surface area contributed by atoms with Gasteiger partial charge in [-0.15, -0.1) is 0 Å². The topological polar surface area (TPSA) is 87.1 Å². The van der Waals surface area contributed by atoms with Crippen molar-refractivity contribution in [1.82, 2.24) is 0 Å². The van der Waals surface area contributed by atoms with Gasteiger partial charge in [-0.2, -0.15) is 0 Å². The van der Waals surface area contributed by atoms with Gasteiger partial charge in [-0.25, -0.2) is 0 Å². The number of benzene rings is 3. The van der Waals surface area contributed by atoms with Crippen molar-refractivity contribution in [3.05, 3.63) is 60.7 Å². The molecule has 1 atom stereocenters. The van der Waals surface area contributed by atoms with E-state index in [0.29, 0.717) is 11.4 Å². The molecule has 0 saturated heterocycles. The SMILES string of the molecule is CN(C)c1cccc2c(N(c3cccc(B(O)O)c3)S(=O)[O-])cccc12. The molecule has 0 radical (unpaired) electrons. The molecule has 0 aliphatic rings. The van der Waals surface area contributed by atoms with Crippen LogP contribution in [0.1, 0.15) is 0 Å². The molecule has 0 fully saturated rings. The van der Waals surface area contributed by atoms with Crippen LogP contribution < -0.4 is 14.7 Å². The molecule has 2 N–H and O–H groups in total. The quantitative estimate of drug-likeness (QED) is 0.526.